The van der Waals surface area contributed by atoms with E-state index in [-0.39, 0.29) is 40.3 Å². The molecule has 0 aromatic heterocycles. The molecule has 3 aromatic carbocycles. The van der Waals surface area contributed by atoms with Crippen LogP contribution in [0.15, 0.2) is 48.5 Å². The Hall–Kier alpha value is -4.12. The number of benzene rings is 3. The second kappa shape index (κ2) is 14.5. The van der Waals surface area contributed by atoms with Crippen LogP contribution >= 0.6 is 0 Å². The number of methoxy groups -OCH3 is 1. The Bertz CT molecular complexity index is 1710. The first kappa shape index (κ1) is 34.7. The van der Waals surface area contributed by atoms with Crippen molar-refractivity contribution in [1.82, 2.24) is 0 Å². The largest absolute Gasteiger partial charge is 0.492 e. The maximum Gasteiger partial charge on any atom is 0.306 e. The third-order valence-electron chi connectivity index (χ3n) is 8.21. The summed E-state index contributed by atoms with van der Waals surface area (Å²) in [6.45, 7) is 11.4. The number of fused-ring (bicyclic) bond motifs is 1. The van der Waals surface area contributed by atoms with Gasteiger partial charge in [-0.25, -0.2) is 8.42 Å². The monoisotopic (exact) mass is 651 g/mol. The van der Waals surface area contributed by atoms with E-state index in [0.717, 1.165) is 42.6 Å². The summed E-state index contributed by atoms with van der Waals surface area (Å²) in [6.07, 6.45) is 2.54. The summed E-state index contributed by atoms with van der Waals surface area (Å²) in [5.74, 6) is -1.46. The van der Waals surface area contributed by atoms with Crippen molar-refractivity contribution in [2.75, 3.05) is 47.5 Å². The smallest absolute Gasteiger partial charge is 0.306 e. The highest BCUT2D eigenvalue weighted by molar-refractivity contribution is 7.92. The summed E-state index contributed by atoms with van der Waals surface area (Å²) >= 11 is 0. The Morgan fingerprint density at radius 1 is 0.957 bits per heavy atom. The summed E-state index contributed by atoms with van der Waals surface area (Å²) in [5.41, 5.74) is 1.93. The van der Waals surface area contributed by atoms with Crippen molar-refractivity contribution in [2.24, 2.45) is 5.92 Å². The van der Waals surface area contributed by atoms with Gasteiger partial charge in [0, 0.05) is 36.1 Å². The molecule has 0 saturated carbocycles. The number of carbonyl (C=O) groups excluding carboxylic acids is 3. The zero-order valence-electron chi connectivity index (χ0n) is 27.6. The molecule has 1 saturated heterocycles. The molecular formula is C35H45N3O7S. The lowest BCUT2D eigenvalue weighted by molar-refractivity contribution is -0.144. The third-order valence-corrected chi connectivity index (χ3v) is 9.69. The van der Waals surface area contributed by atoms with Crippen LogP contribution in [0.3, 0.4) is 0 Å². The summed E-state index contributed by atoms with van der Waals surface area (Å²) in [6, 6.07) is 14.4. The fraction of sp³-hybridized carbons (Fsp3) is 0.457. The number of piperidine rings is 1. The van der Waals surface area contributed by atoms with Crippen LogP contribution in [0.1, 0.15) is 76.2 Å². The minimum atomic E-state index is -3.67. The highest BCUT2D eigenvalue weighted by Gasteiger charge is 2.27. The second-order valence-corrected chi connectivity index (χ2v) is 14.5. The SMILES string of the molecule is CCCS(=O)(=O)Nc1cc(C(C)(C)C)cc(NC(=O)C(=O)c2ccc(N3CCC(CC(=O)OCC)CC3)c3ccccc23)c1OC. The predicted molar refractivity (Wildman–Crippen MR) is 182 cm³/mol. The van der Waals surface area contributed by atoms with Gasteiger partial charge in [-0.2, -0.15) is 0 Å². The Labute approximate surface area is 271 Å². The van der Waals surface area contributed by atoms with Crippen molar-refractivity contribution in [3.8, 4) is 5.75 Å². The van der Waals surface area contributed by atoms with Crippen LogP contribution < -0.4 is 19.7 Å². The molecule has 1 fully saturated rings. The number of nitrogens with one attached hydrogen (secondary N) is 2. The number of ketones is 1. The van der Waals surface area contributed by atoms with Crippen molar-refractivity contribution in [3.05, 3.63) is 59.7 Å². The van der Waals surface area contributed by atoms with Crippen molar-refractivity contribution in [2.45, 2.75) is 65.7 Å². The van der Waals surface area contributed by atoms with E-state index in [9.17, 15) is 22.8 Å². The number of ether oxygens (including phenoxy) is 2. The van der Waals surface area contributed by atoms with Gasteiger partial charge in [0.05, 0.1) is 30.8 Å². The summed E-state index contributed by atoms with van der Waals surface area (Å²) in [7, 11) is -2.29. The van der Waals surface area contributed by atoms with Crippen LogP contribution in [0.4, 0.5) is 17.1 Å². The normalized spacial score (nSPS) is 14.2. The van der Waals surface area contributed by atoms with Crippen molar-refractivity contribution in [1.29, 1.82) is 0 Å². The standard InChI is InChI=1S/C35H45N3O7S/c1-7-19-46(42,43)37-29-22-24(35(3,4)5)21-28(33(29)44-6)36-34(41)32(40)27-13-14-30(26-12-10-9-11-25(26)27)38-17-15-23(16-18-38)20-31(39)45-8-2/h9-14,21-23,37H,7-8,15-20H2,1-6H3,(H,36,41). The van der Waals surface area contributed by atoms with Gasteiger partial charge < -0.3 is 19.7 Å². The molecule has 0 radical (unpaired) electrons. The number of carbonyl (C=O) groups is 3. The first-order valence-electron chi connectivity index (χ1n) is 15.8. The van der Waals surface area contributed by atoms with E-state index in [2.05, 4.69) is 14.9 Å². The molecule has 3 aromatic rings. The van der Waals surface area contributed by atoms with E-state index >= 15 is 0 Å². The molecule has 0 bridgehead atoms. The molecular weight excluding hydrogens is 606 g/mol. The maximum atomic E-state index is 13.7. The van der Waals surface area contributed by atoms with E-state index in [4.69, 9.17) is 9.47 Å². The molecule has 4 rings (SSSR count). The molecule has 10 nitrogen and oxygen atoms in total. The lowest BCUT2D eigenvalue weighted by Crippen LogP contribution is -2.34. The average Bonchev–Trinajstić information content (AvgIpc) is 3.00. The molecule has 1 heterocycles. The molecule has 0 aliphatic carbocycles. The van der Waals surface area contributed by atoms with Crippen LogP contribution in [0.25, 0.3) is 10.8 Å². The van der Waals surface area contributed by atoms with E-state index in [1.165, 1.54) is 7.11 Å². The minimum absolute atomic E-state index is 0.0786. The van der Waals surface area contributed by atoms with Crippen molar-refractivity contribution < 1.29 is 32.3 Å². The Balaban J connectivity index is 1.62. The van der Waals surface area contributed by atoms with Gasteiger partial charge in [0.25, 0.3) is 11.7 Å². The van der Waals surface area contributed by atoms with Gasteiger partial charge in [-0.15, -0.1) is 0 Å². The number of anilines is 3. The lowest BCUT2D eigenvalue weighted by Gasteiger charge is -2.34. The molecule has 1 amide bonds. The van der Waals surface area contributed by atoms with Crippen LogP contribution in [0, 0.1) is 5.92 Å². The van der Waals surface area contributed by atoms with Crippen LogP contribution in [-0.2, 0) is 29.8 Å². The second-order valence-electron chi connectivity index (χ2n) is 12.7. The summed E-state index contributed by atoms with van der Waals surface area (Å²) < 4.78 is 38.6. The van der Waals surface area contributed by atoms with Crippen LogP contribution in [0.2, 0.25) is 0 Å². The average molecular weight is 652 g/mol. The zero-order chi connectivity index (χ0) is 33.6. The minimum Gasteiger partial charge on any atom is -0.492 e. The number of nitrogens with zero attached hydrogens (tertiary/aromatic N) is 1. The highest BCUT2D eigenvalue weighted by atomic mass is 32.2. The zero-order valence-corrected chi connectivity index (χ0v) is 28.4. The molecule has 1 aliphatic heterocycles. The number of Topliss-reactive ketones (excluding diaryl/α,β-unsaturated/α-hetero) is 1. The molecule has 2 N–H and O–H groups in total. The predicted octanol–water partition coefficient (Wildman–Crippen LogP) is 6.29. The maximum absolute atomic E-state index is 13.7. The van der Waals surface area contributed by atoms with E-state index in [1.54, 1.807) is 25.1 Å². The third kappa shape index (κ3) is 8.17. The number of sulfonamides is 1. The lowest BCUT2D eigenvalue weighted by atomic mass is 9.86. The number of esters is 1. The van der Waals surface area contributed by atoms with Crippen molar-refractivity contribution in [3.63, 3.8) is 0 Å². The quantitative estimate of drug-likeness (QED) is 0.133. The van der Waals surface area contributed by atoms with Gasteiger partial charge in [-0.3, -0.25) is 19.1 Å². The molecule has 0 spiro atoms. The molecule has 0 unspecified atom stereocenters. The number of hydrogen-bond donors (Lipinski definition) is 2. The fourth-order valence-corrected chi connectivity index (χ4v) is 6.96. The fourth-order valence-electron chi connectivity index (χ4n) is 5.83. The van der Waals surface area contributed by atoms with Gasteiger partial charge in [0.2, 0.25) is 10.0 Å². The summed E-state index contributed by atoms with van der Waals surface area (Å²) in [4.78, 5) is 41.5. The van der Waals surface area contributed by atoms with E-state index in [1.807, 2.05) is 58.0 Å². The van der Waals surface area contributed by atoms with Gasteiger partial charge in [-0.05, 0) is 72.7 Å². The Morgan fingerprint density at radius 2 is 1.61 bits per heavy atom. The van der Waals surface area contributed by atoms with E-state index < -0.39 is 27.1 Å². The highest BCUT2D eigenvalue weighted by Crippen LogP contribution is 2.40. The Kier molecular flexibility index (Phi) is 11.0. The Morgan fingerprint density at radius 3 is 2.22 bits per heavy atom. The molecule has 46 heavy (non-hydrogen) atoms. The van der Waals surface area contributed by atoms with Crippen LogP contribution in [-0.4, -0.2) is 58.6 Å². The van der Waals surface area contributed by atoms with Gasteiger partial charge >= 0.3 is 5.97 Å². The van der Waals surface area contributed by atoms with Gasteiger partial charge in [0.1, 0.15) is 0 Å². The molecule has 0 atom stereocenters. The summed E-state index contributed by atoms with van der Waals surface area (Å²) in [5, 5.41) is 4.21. The number of hydrogen-bond acceptors (Lipinski definition) is 8. The first-order chi connectivity index (χ1) is 21.8. The number of rotatable bonds is 12. The van der Waals surface area contributed by atoms with E-state index in [0.29, 0.717) is 24.8 Å². The number of amides is 1. The van der Waals surface area contributed by atoms with Crippen molar-refractivity contribution >= 4 is 55.5 Å². The van der Waals surface area contributed by atoms with Crippen LogP contribution in [0.5, 0.6) is 5.75 Å². The van der Waals surface area contributed by atoms with Gasteiger partial charge in [0.15, 0.2) is 5.75 Å². The topological polar surface area (TPSA) is 131 Å². The molecule has 1 aliphatic rings. The van der Waals surface area contributed by atoms with Gasteiger partial charge in [-0.1, -0.05) is 52.0 Å². The molecule has 248 valence electrons. The first-order valence-corrected chi connectivity index (χ1v) is 17.4. The molecule has 11 heteroatoms.